The summed E-state index contributed by atoms with van der Waals surface area (Å²) in [5.74, 6) is -2.40. The molecule has 0 aromatic heterocycles. The molecule has 0 aliphatic rings. The molecule has 0 atom stereocenters. The van der Waals surface area contributed by atoms with Gasteiger partial charge in [0.15, 0.2) is 0 Å². The highest BCUT2D eigenvalue weighted by molar-refractivity contribution is 5.94. The van der Waals surface area contributed by atoms with Crippen LogP contribution in [0, 0.1) is 11.6 Å². The smallest absolute Gasteiger partial charge is 0.259 e. The Morgan fingerprint density at radius 1 is 1.32 bits per heavy atom. The summed E-state index contributed by atoms with van der Waals surface area (Å²) in [7, 11) is 1.50. The molecule has 1 aromatic carbocycles. The van der Waals surface area contributed by atoms with E-state index in [9.17, 15) is 13.6 Å². The van der Waals surface area contributed by atoms with E-state index in [-0.39, 0.29) is 6.54 Å². The van der Waals surface area contributed by atoms with Gasteiger partial charge in [-0.1, -0.05) is 6.07 Å². The summed E-state index contributed by atoms with van der Waals surface area (Å²) in [5.41, 5.74) is 4.85. The Morgan fingerprint density at radius 3 is 2.47 bits per heavy atom. The van der Waals surface area contributed by atoms with E-state index in [2.05, 4.69) is 0 Å². The Morgan fingerprint density at radius 2 is 1.95 bits per heavy atom. The predicted molar refractivity (Wildman–Crippen MR) is 67.8 cm³/mol. The molecule has 0 aliphatic carbocycles. The number of benzene rings is 1. The Hall–Kier alpha value is -1.53. The van der Waals surface area contributed by atoms with Gasteiger partial charge in [0.05, 0.1) is 6.61 Å². The summed E-state index contributed by atoms with van der Waals surface area (Å²) in [6, 6.07) is 3.35. The van der Waals surface area contributed by atoms with Gasteiger partial charge in [-0.3, -0.25) is 4.79 Å². The molecule has 0 saturated carbocycles. The number of carbonyl (C=O) groups is 1. The lowest BCUT2D eigenvalue weighted by atomic mass is 10.1. The van der Waals surface area contributed by atoms with Crippen molar-refractivity contribution in [3.05, 3.63) is 35.4 Å². The fourth-order valence-corrected chi connectivity index (χ4v) is 1.66. The van der Waals surface area contributed by atoms with Gasteiger partial charge in [-0.15, -0.1) is 0 Å². The average molecular weight is 272 g/mol. The number of ether oxygens (including phenoxy) is 1. The molecule has 1 rings (SSSR count). The molecule has 19 heavy (non-hydrogen) atoms. The van der Waals surface area contributed by atoms with Crippen molar-refractivity contribution >= 4 is 5.91 Å². The Labute approximate surface area is 111 Å². The van der Waals surface area contributed by atoms with E-state index in [0.717, 1.165) is 12.1 Å². The van der Waals surface area contributed by atoms with Crippen LogP contribution in [0.5, 0.6) is 0 Å². The Balaban J connectivity index is 2.91. The molecule has 6 heteroatoms. The predicted octanol–water partition coefficient (Wildman–Crippen LogP) is 1.40. The lowest BCUT2D eigenvalue weighted by Crippen LogP contribution is -2.36. The largest absolute Gasteiger partial charge is 0.383 e. The number of halogens is 2. The van der Waals surface area contributed by atoms with Gasteiger partial charge >= 0.3 is 0 Å². The van der Waals surface area contributed by atoms with E-state index in [4.69, 9.17) is 10.5 Å². The van der Waals surface area contributed by atoms with Crippen molar-refractivity contribution < 1.29 is 18.3 Å². The molecule has 1 amide bonds. The molecule has 2 N–H and O–H groups in total. The van der Waals surface area contributed by atoms with Crippen molar-refractivity contribution in [3.63, 3.8) is 0 Å². The van der Waals surface area contributed by atoms with Crippen molar-refractivity contribution in [2.45, 2.75) is 6.42 Å². The van der Waals surface area contributed by atoms with Crippen molar-refractivity contribution in [2.75, 3.05) is 33.4 Å². The van der Waals surface area contributed by atoms with Crippen LogP contribution < -0.4 is 5.73 Å². The third-order valence-electron chi connectivity index (χ3n) is 2.66. The normalized spacial score (nSPS) is 10.5. The summed E-state index contributed by atoms with van der Waals surface area (Å²) in [5, 5.41) is 0. The number of carbonyl (C=O) groups excluding carboxylic acids is 1. The van der Waals surface area contributed by atoms with Gasteiger partial charge in [0, 0.05) is 20.2 Å². The van der Waals surface area contributed by atoms with Crippen LogP contribution in [0.25, 0.3) is 0 Å². The van der Waals surface area contributed by atoms with Crippen molar-refractivity contribution in [1.29, 1.82) is 0 Å². The quantitative estimate of drug-likeness (QED) is 0.816. The number of nitrogens with zero attached hydrogens (tertiary/aromatic N) is 1. The van der Waals surface area contributed by atoms with Crippen LogP contribution >= 0.6 is 0 Å². The summed E-state index contributed by atoms with van der Waals surface area (Å²) in [6.07, 6.45) is 0.561. The zero-order valence-corrected chi connectivity index (χ0v) is 10.9. The van der Waals surface area contributed by atoms with Crippen molar-refractivity contribution in [1.82, 2.24) is 4.90 Å². The van der Waals surface area contributed by atoms with Crippen LogP contribution in [-0.2, 0) is 4.74 Å². The highest BCUT2D eigenvalue weighted by Crippen LogP contribution is 2.15. The molecule has 0 aliphatic heterocycles. The maximum absolute atomic E-state index is 13.6. The van der Waals surface area contributed by atoms with Crippen LogP contribution in [0.15, 0.2) is 18.2 Å². The van der Waals surface area contributed by atoms with Crippen molar-refractivity contribution in [3.8, 4) is 0 Å². The lowest BCUT2D eigenvalue weighted by Gasteiger charge is -2.22. The van der Waals surface area contributed by atoms with Gasteiger partial charge in [0.25, 0.3) is 5.91 Å². The van der Waals surface area contributed by atoms with Crippen LogP contribution in [0.2, 0.25) is 0 Å². The highest BCUT2D eigenvalue weighted by Gasteiger charge is 2.22. The highest BCUT2D eigenvalue weighted by atomic mass is 19.1. The molecular weight excluding hydrogens is 254 g/mol. The van der Waals surface area contributed by atoms with Crippen LogP contribution in [-0.4, -0.2) is 44.2 Å². The zero-order valence-electron chi connectivity index (χ0n) is 10.9. The molecule has 106 valence electrons. The number of nitrogens with two attached hydrogens (primary N) is 1. The maximum Gasteiger partial charge on any atom is 0.259 e. The third kappa shape index (κ3) is 4.25. The SMILES string of the molecule is COCCN(CCCN)C(=O)c1c(F)cccc1F. The molecule has 0 bridgehead atoms. The first-order chi connectivity index (χ1) is 9.11. The number of amides is 1. The average Bonchev–Trinajstić information content (AvgIpc) is 2.38. The Bertz CT molecular complexity index is 399. The second-order valence-corrected chi connectivity index (χ2v) is 4.02. The molecular formula is C13H18F2N2O2. The van der Waals surface area contributed by atoms with Crippen LogP contribution in [0.3, 0.4) is 0 Å². The van der Waals surface area contributed by atoms with E-state index in [1.54, 1.807) is 0 Å². The summed E-state index contributed by atoms with van der Waals surface area (Å²) >= 11 is 0. The summed E-state index contributed by atoms with van der Waals surface area (Å²) in [4.78, 5) is 13.5. The van der Waals surface area contributed by atoms with Gasteiger partial charge in [-0.05, 0) is 25.1 Å². The lowest BCUT2D eigenvalue weighted by molar-refractivity contribution is 0.0685. The van der Waals surface area contributed by atoms with E-state index in [1.807, 2.05) is 0 Å². The third-order valence-corrected chi connectivity index (χ3v) is 2.66. The maximum atomic E-state index is 13.6. The number of hydrogen-bond acceptors (Lipinski definition) is 3. The van der Waals surface area contributed by atoms with E-state index in [0.29, 0.717) is 26.1 Å². The molecule has 0 saturated heterocycles. The molecule has 1 aromatic rings. The first-order valence-corrected chi connectivity index (χ1v) is 6.04. The zero-order chi connectivity index (χ0) is 14.3. The molecule has 4 nitrogen and oxygen atoms in total. The number of hydrogen-bond donors (Lipinski definition) is 1. The fraction of sp³-hybridized carbons (Fsp3) is 0.462. The summed E-state index contributed by atoms with van der Waals surface area (Å²) in [6.45, 7) is 1.30. The minimum absolute atomic E-state index is 0.267. The topological polar surface area (TPSA) is 55.6 Å². The molecule has 0 fully saturated rings. The fourth-order valence-electron chi connectivity index (χ4n) is 1.66. The van der Waals surface area contributed by atoms with Crippen LogP contribution in [0.4, 0.5) is 8.78 Å². The Kier molecular flexibility index (Phi) is 6.38. The van der Waals surface area contributed by atoms with Gasteiger partial charge < -0.3 is 15.4 Å². The number of methoxy groups -OCH3 is 1. The van der Waals surface area contributed by atoms with E-state index in [1.165, 1.54) is 18.1 Å². The minimum Gasteiger partial charge on any atom is -0.383 e. The first-order valence-electron chi connectivity index (χ1n) is 6.04. The van der Waals surface area contributed by atoms with Crippen LogP contribution in [0.1, 0.15) is 16.8 Å². The number of rotatable bonds is 7. The van der Waals surface area contributed by atoms with Crippen molar-refractivity contribution in [2.24, 2.45) is 5.73 Å². The second kappa shape index (κ2) is 7.81. The van der Waals surface area contributed by atoms with E-state index < -0.39 is 23.1 Å². The summed E-state index contributed by atoms with van der Waals surface area (Å²) < 4.78 is 32.0. The van der Waals surface area contributed by atoms with Gasteiger partial charge in [0.1, 0.15) is 17.2 Å². The first kappa shape index (κ1) is 15.5. The second-order valence-electron chi connectivity index (χ2n) is 4.02. The van der Waals surface area contributed by atoms with Gasteiger partial charge in [-0.2, -0.15) is 0 Å². The standard InChI is InChI=1S/C13H18F2N2O2/c1-19-9-8-17(7-3-6-16)13(18)12-10(14)4-2-5-11(12)15/h2,4-5H,3,6-9,16H2,1H3. The molecule has 0 unspecified atom stereocenters. The van der Waals surface area contributed by atoms with Gasteiger partial charge in [-0.25, -0.2) is 8.78 Å². The minimum atomic E-state index is -0.861. The molecule has 0 spiro atoms. The van der Waals surface area contributed by atoms with Gasteiger partial charge in [0.2, 0.25) is 0 Å². The van der Waals surface area contributed by atoms with E-state index >= 15 is 0 Å². The molecule has 0 heterocycles. The monoisotopic (exact) mass is 272 g/mol. The molecule has 0 radical (unpaired) electrons.